The molecule has 0 saturated heterocycles. The summed E-state index contributed by atoms with van der Waals surface area (Å²) in [6.45, 7) is 0. The summed E-state index contributed by atoms with van der Waals surface area (Å²) in [5, 5.41) is 10.5. The molecule has 1 aromatic heterocycles. The lowest BCUT2D eigenvalue weighted by Crippen LogP contribution is -2.42. The molecule has 1 heterocycles. The number of benzene rings is 1. The molecule has 0 aliphatic heterocycles. The Morgan fingerprint density at radius 3 is 2.43 bits per heavy atom. The second-order valence-corrected chi connectivity index (χ2v) is 4.19. The molecule has 2 rings (SSSR count). The van der Waals surface area contributed by atoms with E-state index in [4.69, 9.17) is 0 Å². The van der Waals surface area contributed by atoms with Gasteiger partial charge in [0, 0.05) is 18.3 Å². The fourth-order valence-corrected chi connectivity index (χ4v) is 1.63. The van der Waals surface area contributed by atoms with Gasteiger partial charge in [-0.3, -0.25) is 30.6 Å². The van der Waals surface area contributed by atoms with E-state index in [0.29, 0.717) is 11.3 Å². The first kappa shape index (κ1) is 14.3. The Kier molecular flexibility index (Phi) is 4.30. The average Bonchev–Trinajstić information content (AvgIpc) is 2.99. The van der Waals surface area contributed by atoms with Gasteiger partial charge in [-0.2, -0.15) is 0 Å². The smallest absolute Gasteiger partial charge is 0.286 e. The molecular weight excluding hydrogens is 276 g/mol. The third-order valence-electron chi connectivity index (χ3n) is 2.67. The van der Waals surface area contributed by atoms with Crippen molar-refractivity contribution < 1.29 is 14.5 Å². The van der Waals surface area contributed by atoms with Gasteiger partial charge in [-0.05, 0) is 17.7 Å². The van der Waals surface area contributed by atoms with Crippen LogP contribution < -0.4 is 10.9 Å². The summed E-state index contributed by atoms with van der Waals surface area (Å²) in [7, 11) is 0. The molecule has 108 valence electrons. The van der Waals surface area contributed by atoms with Crippen molar-refractivity contribution in [3.8, 4) is 0 Å². The van der Waals surface area contributed by atoms with E-state index in [9.17, 15) is 19.7 Å². The first-order chi connectivity index (χ1) is 10.1. The molecular formula is C13H12N4O4. The van der Waals surface area contributed by atoms with Crippen LogP contribution in [-0.2, 0) is 11.2 Å². The number of non-ortho nitro benzene ring substituents is 1. The number of hydrazine groups is 1. The predicted octanol–water partition coefficient (Wildman–Crippen LogP) is 0.927. The Bertz CT molecular complexity index is 649. The largest absolute Gasteiger partial charge is 0.357 e. The normalized spacial score (nSPS) is 9.90. The summed E-state index contributed by atoms with van der Waals surface area (Å²) in [5.41, 5.74) is 5.41. The van der Waals surface area contributed by atoms with Crippen LogP contribution in [0, 0.1) is 10.1 Å². The Balaban J connectivity index is 1.84. The first-order valence-electron chi connectivity index (χ1n) is 6.02. The SMILES string of the molecule is O=C(Cc1ccc([N+](=O)[O-])cc1)NNC(=O)c1ccc[nH]1. The Morgan fingerprint density at radius 2 is 1.86 bits per heavy atom. The van der Waals surface area contributed by atoms with Gasteiger partial charge in [-0.15, -0.1) is 0 Å². The van der Waals surface area contributed by atoms with Crippen LogP contribution in [0.1, 0.15) is 16.1 Å². The van der Waals surface area contributed by atoms with Crippen molar-refractivity contribution in [1.82, 2.24) is 15.8 Å². The van der Waals surface area contributed by atoms with Crippen molar-refractivity contribution in [2.24, 2.45) is 0 Å². The van der Waals surface area contributed by atoms with Gasteiger partial charge in [0.25, 0.3) is 11.6 Å². The van der Waals surface area contributed by atoms with E-state index in [0.717, 1.165) is 0 Å². The van der Waals surface area contributed by atoms with Crippen molar-refractivity contribution >= 4 is 17.5 Å². The number of rotatable bonds is 4. The van der Waals surface area contributed by atoms with Crippen LogP contribution in [0.2, 0.25) is 0 Å². The van der Waals surface area contributed by atoms with E-state index in [1.165, 1.54) is 24.3 Å². The Labute approximate surface area is 119 Å². The number of nitro benzene ring substituents is 1. The van der Waals surface area contributed by atoms with Gasteiger partial charge in [-0.25, -0.2) is 0 Å². The number of nitrogens with one attached hydrogen (secondary N) is 3. The number of carbonyl (C=O) groups is 2. The number of H-pyrrole nitrogens is 1. The number of amides is 2. The summed E-state index contributed by atoms with van der Waals surface area (Å²) >= 11 is 0. The third-order valence-corrected chi connectivity index (χ3v) is 2.67. The van der Waals surface area contributed by atoms with E-state index in [-0.39, 0.29) is 12.1 Å². The predicted molar refractivity (Wildman–Crippen MR) is 73.2 cm³/mol. The number of carbonyl (C=O) groups excluding carboxylic acids is 2. The second kappa shape index (κ2) is 6.33. The van der Waals surface area contributed by atoms with E-state index in [2.05, 4.69) is 15.8 Å². The minimum Gasteiger partial charge on any atom is -0.357 e. The maximum absolute atomic E-state index is 11.6. The molecule has 0 saturated carbocycles. The molecule has 0 aliphatic rings. The van der Waals surface area contributed by atoms with Gasteiger partial charge in [0.2, 0.25) is 5.91 Å². The number of nitrogens with zero attached hydrogens (tertiary/aromatic N) is 1. The quantitative estimate of drug-likeness (QED) is 0.573. The molecule has 0 unspecified atom stereocenters. The van der Waals surface area contributed by atoms with Crippen LogP contribution in [0.4, 0.5) is 5.69 Å². The van der Waals surface area contributed by atoms with Gasteiger partial charge >= 0.3 is 0 Å². The zero-order chi connectivity index (χ0) is 15.2. The van der Waals surface area contributed by atoms with Crippen molar-refractivity contribution in [1.29, 1.82) is 0 Å². The number of aromatic amines is 1. The van der Waals surface area contributed by atoms with Gasteiger partial charge in [0.05, 0.1) is 11.3 Å². The van der Waals surface area contributed by atoms with Crippen LogP contribution in [-0.4, -0.2) is 21.7 Å². The molecule has 8 heteroatoms. The van der Waals surface area contributed by atoms with Crippen LogP contribution >= 0.6 is 0 Å². The maximum Gasteiger partial charge on any atom is 0.286 e. The molecule has 0 bridgehead atoms. The highest BCUT2D eigenvalue weighted by molar-refractivity contribution is 5.93. The van der Waals surface area contributed by atoms with Crippen LogP contribution in [0.15, 0.2) is 42.6 Å². The number of hydrogen-bond acceptors (Lipinski definition) is 4. The Morgan fingerprint density at radius 1 is 1.14 bits per heavy atom. The number of aromatic nitrogens is 1. The molecule has 21 heavy (non-hydrogen) atoms. The average molecular weight is 288 g/mol. The van der Waals surface area contributed by atoms with Crippen molar-refractivity contribution in [2.45, 2.75) is 6.42 Å². The summed E-state index contributed by atoms with van der Waals surface area (Å²) < 4.78 is 0. The first-order valence-corrected chi connectivity index (χ1v) is 6.02. The van der Waals surface area contributed by atoms with E-state index >= 15 is 0 Å². The van der Waals surface area contributed by atoms with E-state index in [1.54, 1.807) is 18.3 Å². The van der Waals surface area contributed by atoms with Gasteiger partial charge in [0.1, 0.15) is 5.69 Å². The molecule has 0 spiro atoms. The lowest BCUT2D eigenvalue weighted by Gasteiger charge is -2.06. The molecule has 1 aromatic carbocycles. The van der Waals surface area contributed by atoms with Gasteiger partial charge < -0.3 is 4.98 Å². The highest BCUT2D eigenvalue weighted by atomic mass is 16.6. The monoisotopic (exact) mass is 288 g/mol. The molecule has 0 aliphatic carbocycles. The minimum atomic E-state index is -0.513. The second-order valence-electron chi connectivity index (χ2n) is 4.19. The van der Waals surface area contributed by atoms with Crippen molar-refractivity contribution in [3.05, 3.63) is 64.0 Å². The Hall–Kier alpha value is -3.16. The zero-order valence-electron chi connectivity index (χ0n) is 10.8. The molecule has 0 atom stereocenters. The number of nitro groups is 1. The fourth-order valence-electron chi connectivity index (χ4n) is 1.63. The summed E-state index contributed by atoms with van der Waals surface area (Å²) in [6, 6.07) is 8.85. The van der Waals surface area contributed by atoms with E-state index < -0.39 is 16.7 Å². The van der Waals surface area contributed by atoms with Crippen LogP contribution in [0.3, 0.4) is 0 Å². The highest BCUT2D eigenvalue weighted by Crippen LogP contribution is 2.12. The van der Waals surface area contributed by atoms with E-state index in [1.807, 2.05) is 0 Å². The van der Waals surface area contributed by atoms with Gasteiger partial charge in [0.15, 0.2) is 0 Å². The van der Waals surface area contributed by atoms with Crippen molar-refractivity contribution in [3.63, 3.8) is 0 Å². The molecule has 0 radical (unpaired) electrons. The molecule has 3 N–H and O–H groups in total. The van der Waals surface area contributed by atoms with Gasteiger partial charge in [-0.1, -0.05) is 12.1 Å². The highest BCUT2D eigenvalue weighted by Gasteiger charge is 2.09. The topological polar surface area (TPSA) is 117 Å². The lowest BCUT2D eigenvalue weighted by atomic mass is 10.1. The zero-order valence-corrected chi connectivity index (χ0v) is 10.8. The molecule has 2 aromatic rings. The third kappa shape index (κ3) is 3.90. The summed E-state index contributed by atoms with van der Waals surface area (Å²) in [4.78, 5) is 35.9. The molecule has 8 nitrogen and oxygen atoms in total. The van der Waals surface area contributed by atoms with Crippen LogP contribution in [0.25, 0.3) is 0 Å². The van der Waals surface area contributed by atoms with Crippen LogP contribution in [0.5, 0.6) is 0 Å². The summed E-state index contributed by atoms with van der Waals surface area (Å²) in [5.74, 6) is -0.888. The maximum atomic E-state index is 11.6. The fraction of sp³-hybridized carbons (Fsp3) is 0.0769. The molecule has 0 fully saturated rings. The minimum absolute atomic E-state index is 0.00298. The molecule has 2 amide bonds. The standard InChI is InChI=1S/C13H12N4O4/c18-12(15-16-13(19)11-2-1-7-14-11)8-9-3-5-10(6-4-9)17(20)21/h1-7,14H,8H2,(H,15,18)(H,16,19). The lowest BCUT2D eigenvalue weighted by molar-refractivity contribution is -0.384. The summed E-state index contributed by atoms with van der Waals surface area (Å²) in [6.07, 6.45) is 1.59. The number of hydrogen-bond donors (Lipinski definition) is 3. The van der Waals surface area contributed by atoms with Crippen molar-refractivity contribution in [2.75, 3.05) is 0 Å².